The number of aryl methyl sites for hydroxylation is 2. The summed E-state index contributed by atoms with van der Waals surface area (Å²) in [5, 5.41) is 12.6. The first-order valence-electron chi connectivity index (χ1n) is 6.21. The van der Waals surface area contributed by atoms with Gasteiger partial charge in [0, 0.05) is 16.7 Å². The fraction of sp³-hybridized carbons (Fsp3) is 0.571. The maximum absolute atomic E-state index is 9.27. The van der Waals surface area contributed by atoms with Crippen LogP contribution in [0.25, 0.3) is 0 Å². The van der Waals surface area contributed by atoms with Crippen LogP contribution in [0.15, 0.2) is 23.1 Å². The van der Waals surface area contributed by atoms with E-state index in [1.807, 2.05) is 11.8 Å². The van der Waals surface area contributed by atoms with Gasteiger partial charge in [-0.15, -0.1) is 11.8 Å². The third-order valence-corrected chi connectivity index (χ3v) is 4.01. The average molecular weight is 253 g/mol. The minimum atomic E-state index is 0.195. The van der Waals surface area contributed by atoms with E-state index in [2.05, 4.69) is 44.3 Å². The summed E-state index contributed by atoms with van der Waals surface area (Å²) in [5.74, 6) is 0.917. The van der Waals surface area contributed by atoms with E-state index in [1.54, 1.807) is 0 Å². The summed E-state index contributed by atoms with van der Waals surface area (Å²) in [6.07, 6.45) is 1.10. The van der Waals surface area contributed by atoms with Gasteiger partial charge in [0.25, 0.3) is 0 Å². The molecule has 0 bridgehead atoms. The molecular weight excluding hydrogens is 230 g/mol. The molecule has 2 nitrogen and oxygen atoms in total. The van der Waals surface area contributed by atoms with Crippen molar-refractivity contribution in [2.45, 2.75) is 38.1 Å². The molecule has 0 fully saturated rings. The monoisotopic (exact) mass is 253 g/mol. The van der Waals surface area contributed by atoms with Gasteiger partial charge in [0.15, 0.2) is 0 Å². The summed E-state index contributed by atoms with van der Waals surface area (Å²) in [4.78, 5) is 1.31. The highest BCUT2D eigenvalue weighted by Gasteiger charge is 2.07. The molecule has 1 rings (SSSR count). The number of thioether (sulfide) groups is 1. The van der Waals surface area contributed by atoms with Gasteiger partial charge in [-0.1, -0.05) is 24.6 Å². The number of hydrogen-bond acceptors (Lipinski definition) is 3. The molecule has 17 heavy (non-hydrogen) atoms. The minimum Gasteiger partial charge on any atom is -0.395 e. The molecular formula is C14H23NOS. The number of aliphatic hydroxyl groups is 1. The van der Waals surface area contributed by atoms with Crippen molar-refractivity contribution in [3.05, 3.63) is 29.3 Å². The van der Waals surface area contributed by atoms with E-state index in [9.17, 15) is 5.11 Å². The van der Waals surface area contributed by atoms with E-state index in [4.69, 9.17) is 0 Å². The van der Waals surface area contributed by atoms with Gasteiger partial charge in [0.2, 0.25) is 0 Å². The van der Waals surface area contributed by atoms with Gasteiger partial charge in [-0.05, 0) is 38.4 Å². The van der Waals surface area contributed by atoms with Crippen LogP contribution in [0.3, 0.4) is 0 Å². The van der Waals surface area contributed by atoms with Crippen molar-refractivity contribution in [2.75, 3.05) is 18.9 Å². The molecule has 1 unspecified atom stereocenters. The van der Waals surface area contributed by atoms with Gasteiger partial charge in [0.05, 0.1) is 6.61 Å². The molecule has 0 radical (unpaired) electrons. The molecule has 3 heteroatoms. The Morgan fingerprint density at radius 2 is 2.12 bits per heavy atom. The standard InChI is InChI=1S/C14H23NOS/c1-4-7-15-13(9-16)10-17-14-6-5-11(2)8-12(14)3/h5-6,8,13,15-16H,4,7,9-10H2,1-3H3. The van der Waals surface area contributed by atoms with Gasteiger partial charge < -0.3 is 10.4 Å². The molecule has 0 saturated heterocycles. The lowest BCUT2D eigenvalue weighted by Gasteiger charge is -2.16. The van der Waals surface area contributed by atoms with E-state index in [0.717, 1.165) is 18.7 Å². The third kappa shape index (κ3) is 5.11. The summed E-state index contributed by atoms with van der Waals surface area (Å²) < 4.78 is 0. The topological polar surface area (TPSA) is 32.3 Å². The Bertz CT molecular complexity index is 341. The first-order valence-corrected chi connectivity index (χ1v) is 7.20. The van der Waals surface area contributed by atoms with Crippen LogP contribution >= 0.6 is 11.8 Å². The van der Waals surface area contributed by atoms with Crippen LogP contribution in [-0.4, -0.2) is 30.1 Å². The van der Waals surface area contributed by atoms with Crippen LogP contribution in [0.5, 0.6) is 0 Å². The Balaban J connectivity index is 2.47. The van der Waals surface area contributed by atoms with Crippen molar-refractivity contribution in [1.82, 2.24) is 5.32 Å². The molecule has 0 aliphatic carbocycles. The summed E-state index contributed by atoms with van der Waals surface area (Å²) >= 11 is 1.82. The Kier molecular flexibility index (Phi) is 6.63. The molecule has 0 saturated carbocycles. The van der Waals surface area contributed by atoms with Gasteiger partial charge in [-0.3, -0.25) is 0 Å². The quantitative estimate of drug-likeness (QED) is 0.733. The van der Waals surface area contributed by atoms with Crippen molar-refractivity contribution in [1.29, 1.82) is 0 Å². The van der Waals surface area contributed by atoms with E-state index >= 15 is 0 Å². The smallest absolute Gasteiger partial charge is 0.0592 e. The second-order valence-electron chi connectivity index (χ2n) is 4.41. The maximum Gasteiger partial charge on any atom is 0.0592 e. The van der Waals surface area contributed by atoms with Crippen LogP contribution in [0.2, 0.25) is 0 Å². The van der Waals surface area contributed by atoms with Gasteiger partial charge in [0.1, 0.15) is 0 Å². The zero-order valence-electron chi connectivity index (χ0n) is 11.0. The Morgan fingerprint density at radius 1 is 1.35 bits per heavy atom. The highest BCUT2D eigenvalue weighted by Crippen LogP contribution is 2.23. The molecule has 0 amide bonds. The zero-order chi connectivity index (χ0) is 12.7. The number of nitrogens with one attached hydrogen (secondary N) is 1. The van der Waals surface area contributed by atoms with Gasteiger partial charge >= 0.3 is 0 Å². The number of rotatable bonds is 7. The molecule has 0 aliphatic heterocycles. The van der Waals surface area contributed by atoms with Gasteiger partial charge in [-0.25, -0.2) is 0 Å². The lowest BCUT2D eigenvalue weighted by molar-refractivity contribution is 0.254. The van der Waals surface area contributed by atoms with Crippen molar-refractivity contribution < 1.29 is 5.11 Å². The van der Waals surface area contributed by atoms with E-state index in [1.165, 1.54) is 16.0 Å². The Labute approximate surface area is 109 Å². The largest absolute Gasteiger partial charge is 0.395 e. The highest BCUT2D eigenvalue weighted by molar-refractivity contribution is 7.99. The van der Waals surface area contributed by atoms with Crippen LogP contribution in [0, 0.1) is 13.8 Å². The van der Waals surface area contributed by atoms with Crippen LogP contribution in [-0.2, 0) is 0 Å². The molecule has 1 aromatic rings. The van der Waals surface area contributed by atoms with Crippen molar-refractivity contribution in [3.8, 4) is 0 Å². The fourth-order valence-corrected chi connectivity index (χ4v) is 2.73. The first-order chi connectivity index (χ1) is 8.17. The van der Waals surface area contributed by atoms with Crippen molar-refractivity contribution >= 4 is 11.8 Å². The van der Waals surface area contributed by atoms with Crippen LogP contribution in [0.1, 0.15) is 24.5 Å². The predicted molar refractivity (Wildman–Crippen MR) is 75.8 cm³/mol. The van der Waals surface area contributed by atoms with Crippen LogP contribution in [0.4, 0.5) is 0 Å². The summed E-state index contributed by atoms with van der Waals surface area (Å²) in [5.41, 5.74) is 2.62. The molecule has 0 aliphatic rings. The summed E-state index contributed by atoms with van der Waals surface area (Å²) in [6, 6.07) is 6.71. The Hall–Kier alpha value is -0.510. The predicted octanol–water partition coefficient (Wildman–Crippen LogP) is 2.76. The van der Waals surface area contributed by atoms with Crippen LogP contribution < -0.4 is 5.32 Å². The number of benzene rings is 1. The van der Waals surface area contributed by atoms with Gasteiger partial charge in [-0.2, -0.15) is 0 Å². The lowest BCUT2D eigenvalue weighted by atomic mass is 10.2. The fourth-order valence-electron chi connectivity index (χ4n) is 1.68. The molecule has 1 aromatic carbocycles. The Morgan fingerprint density at radius 3 is 2.71 bits per heavy atom. The second-order valence-corrected chi connectivity index (χ2v) is 5.48. The minimum absolute atomic E-state index is 0.195. The molecule has 0 heterocycles. The maximum atomic E-state index is 9.27. The zero-order valence-corrected chi connectivity index (χ0v) is 11.8. The molecule has 0 aromatic heterocycles. The second kappa shape index (κ2) is 7.75. The molecule has 1 atom stereocenters. The molecule has 0 spiro atoms. The SMILES string of the molecule is CCCNC(CO)CSc1ccc(C)cc1C. The third-order valence-electron chi connectivity index (χ3n) is 2.67. The first kappa shape index (κ1) is 14.6. The molecule has 96 valence electrons. The van der Waals surface area contributed by atoms with Crippen molar-refractivity contribution in [2.24, 2.45) is 0 Å². The summed E-state index contributed by atoms with van der Waals surface area (Å²) in [6.45, 7) is 7.57. The van der Waals surface area contributed by atoms with E-state index in [0.29, 0.717) is 0 Å². The summed E-state index contributed by atoms with van der Waals surface area (Å²) in [7, 11) is 0. The lowest BCUT2D eigenvalue weighted by Crippen LogP contribution is -2.35. The molecule has 2 N–H and O–H groups in total. The number of aliphatic hydroxyl groups excluding tert-OH is 1. The van der Waals surface area contributed by atoms with E-state index < -0.39 is 0 Å². The highest BCUT2D eigenvalue weighted by atomic mass is 32.2. The average Bonchev–Trinajstić information content (AvgIpc) is 2.31. The normalized spacial score (nSPS) is 12.7. The van der Waals surface area contributed by atoms with Crippen molar-refractivity contribution in [3.63, 3.8) is 0 Å². The number of hydrogen-bond donors (Lipinski definition) is 2. The van der Waals surface area contributed by atoms with E-state index in [-0.39, 0.29) is 12.6 Å².